The van der Waals surface area contributed by atoms with Crippen LogP contribution in [0.4, 0.5) is 10.1 Å². The second-order valence-electron chi connectivity index (χ2n) is 9.09. The largest absolute Gasteiger partial charge is 0.369 e. The van der Waals surface area contributed by atoms with E-state index in [-0.39, 0.29) is 16.8 Å². The van der Waals surface area contributed by atoms with Crippen LogP contribution in [-0.4, -0.2) is 49.6 Å². The Bertz CT molecular complexity index is 1080. The number of rotatable bonds is 9. The summed E-state index contributed by atoms with van der Waals surface area (Å²) in [6.45, 7) is 1.72. The lowest BCUT2D eigenvalue weighted by Gasteiger charge is -2.27. The second-order valence-corrected chi connectivity index (χ2v) is 10.8. The summed E-state index contributed by atoms with van der Waals surface area (Å²) in [4.78, 5) is 19.1. The molecule has 0 bridgehead atoms. The molecule has 0 radical (unpaired) electrons. The highest BCUT2D eigenvalue weighted by Crippen LogP contribution is 2.29. The zero-order valence-electron chi connectivity index (χ0n) is 19.0. The van der Waals surface area contributed by atoms with E-state index in [1.165, 1.54) is 25.0 Å². The molecular formula is C23H32FN5O3S. The fourth-order valence-electron chi connectivity index (χ4n) is 4.85. The molecule has 0 spiro atoms. The number of imidazole rings is 1. The highest BCUT2D eigenvalue weighted by Gasteiger charge is 2.30. The molecule has 8 nitrogen and oxygen atoms in total. The van der Waals surface area contributed by atoms with Gasteiger partial charge in [-0.2, -0.15) is 4.72 Å². The average molecular weight is 478 g/mol. The minimum atomic E-state index is -3.91. The lowest BCUT2D eigenvalue weighted by Crippen LogP contribution is -2.49. The Morgan fingerprint density at radius 3 is 2.79 bits per heavy atom. The Morgan fingerprint density at radius 1 is 1.27 bits per heavy atom. The lowest BCUT2D eigenvalue weighted by molar-refractivity contribution is -0.123. The Hall–Kier alpha value is -2.46. The molecule has 2 heterocycles. The molecule has 1 aliphatic heterocycles. The predicted molar refractivity (Wildman–Crippen MR) is 124 cm³/mol. The van der Waals surface area contributed by atoms with Crippen LogP contribution in [0.15, 0.2) is 35.7 Å². The van der Waals surface area contributed by atoms with Gasteiger partial charge in [-0.1, -0.05) is 32.1 Å². The zero-order chi connectivity index (χ0) is 23.4. The molecule has 1 amide bonds. The van der Waals surface area contributed by atoms with Gasteiger partial charge in [-0.15, -0.1) is 0 Å². The number of carbonyl (C=O) groups excluding carboxylic acids is 1. The summed E-state index contributed by atoms with van der Waals surface area (Å²) in [5.74, 6) is -0.241. The molecule has 2 aliphatic rings. The molecule has 2 N–H and O–H groups in total. The average Bonchev–Trinajstić information content (AvgIpc) is 3.40. The Labute approximate surface area is 194 Å². The van der Waals surface area contributed by atoms with Crippen molar-refractivity contribution in [1.82, 2.24) is 19.6 Å². The molecular weight excluding hydrogens is 445 g/mol. The number of nitrogens with zero attached hydrogens (tertiary/aromatic N) is 3. The molecule has 2 aromatic rings. The number of hydrogen-bond acceptors (Lipinski definition) is 5. The van der Waals surface area contributed by atoms with Gasteiger partial charge in [0.05, 0.1) is 6.33 Å². The van der Waals surface area contributed by atoms with Crippen molar-refractivity contribution >= 4 is 21.6 Å². The quantitative estimate of drug-likeness (QED) is 0.578. The van der Waals surface area contributed by atoms with Crippen LogP contribution in [0.5, 0.6) is 0 Å². The van der Waals surface area contributed by atoms with E-state index in [1.807, 2.05) is 0 Å². The van der Waals surface area contributed by atoms with E-state index in [1.54, 1.807) is 23.7 Å². The SMILES string of the molecule is Cn1cnc(S(=O)(=O)NC(CC2CCCCC2)C(=O)NCCN2CCc3cc(F)ccc32)c1. The molecule has 1 aromatic heterocycles. The number of benzene rings is 1. The van der Waals surface area contributed by atoms with E-state index >= 15 is 0 Å². The monoisotopic (exact) mass is 477 g/mol. The predicted octanol–water partition coefficient (Wildman–Crippen LogP) is 2.36. The first-order valence-electron chi connectivity index (χ1n) is 11.6. The summed E-state index contributed by atoms with van der Waals surface area (Å²) >= 11 is 0. The molecule has 1 atom stereocenters. The van der Waals surface area contributed by atoms with E-state index in [4.69, 9.17) is 0 Å². The topological polar surface area (TPSA) is 96.3 Å². The molecule has 1 aliphatic carbocycles. The van der Waals surface area contributed by atoms with Gasteiger partial charge in [0.2, 0.25) is 5.91 Å². The number of sulfonamides is 1. The molecule has 1 unspecified atom stereocenters. The first-order chi connectivity index (χ1) is 15.8. The number of hydrogen-bond donors (Lipinski definition) is 2. The molecule has 180 valence electrons. The van der Waals surface area contributed by atoms with Crippen LogP contribution in [0.2, 0.25) is 0 Å². The molecule has 1 aromatic carbocycles. The van der Waals surface area contributed by atoms with E-state index in [9.17, 15) is 17.6 Å². The normalized spacial score (nSPS) is 17.7. The van der Waals surface area contributed by atoms with Gasteiger partial charge in [0.15, 0.2) is 5.03 Å². The summed E-state index contributed by atoms with van der Waals surface area (Å²) < 4.78 is 43.3. The Morgan fingerprint density at radius 2 is 2.06 bits per heavy atom. The number of aromatic nitrogens is 2. The van der Waals surface area contributed by atoms with Crippen LogP contribution in [0.1, 0.15) is 44.1 Å². The molecule has 1 fully saturated rings. The van der Waals surface area contributed by atoms with Crippen LogP contribution in [0, 0.1) is 11.7 Å². The summed E-state index contributed by atoms with van der Waals surface area (Å²) in [6, 6.07) is 3.93. The fraction of sp³-hybridized carbons (Fsp3) is 0.565. The maximum atomic E-state index is 13.5. The number of halogens is 1. The van der Waals surface area contributed by atoms with E-state index in [0.717, 1.165) is 49.9 Å². The van der Waals surface area contributed by atoms with Crippen molar-refractivity contribution in [2.75, 3.05) is 24.5 Å². The fourth-order valence-corrected chi connectivity index (χ4v) is 6.04. The van der Waals surface area contributed by atoms with Gasteiger partial charge < -0.3 is 14.8 Å². The first-order valence-corrected chi connectivity index (χ1v) is 13.1. The van der Waals surface area contributed by atoms with Crippen LogP contribution in [0.25, 0.3) is 0 Å². The molecule has 33 heavy (non-hydrogen) atoms. The minimum Gasteiger partial charge on any atom is -0.369 e. The van der Waals surface area contributed by atoms with Gasteiger partial charge in [0.25, 0.3) is 10.0 Å². The van der Waals surface area contributed by atoms with Gasteiger partial charge in [0.1, 0.15) is 11.9 Å². The minimum absolute atomic E-state index is 0.0904. The van der Waals surface area contributed by atoms with Gasteiger partial charge in [0, 0.05) is 38.6 Å². The molecule has 1 saturated carbocycles. The van der Waals surface area contributed by atoms with Crippen molar-refractivity contribution < 1.29 is 17.6 Å². The lowest BCUT2D eigenvalue weighted by atomic mass is 9.85. The number of aryl methyl sites for hydroxylation is 1. The summed E-state index contributed by atoms with van der Waals surface area (Å²) in [7, 11) is -2.21. The van der Waals surface area contributed by atoms with Gasteiger partial charge in [-0.3, -0.25) is 4.79 Å². The number of carbonyl (C=O) groups is 1. The third-order valence-corrected chi connectivity index (χ3v) is 7.93. The van der Waals surface area contributed by atoms with Crippen LogP contribution < -0.4 is 14.9 Å². The third-order valence-electron chi connectivity index (χ3n) is 6.58. The first kappa shape index (κ1) is 23.7. The Balaban J connectivity index is 1.39. The smallest absolute Gasteiger partial charge is 0.260 e. The van der Waals surface area contributed by atoms with E-state index in [0.29, 0.717) is 25.4 Å². The van der Waals surface area contributed by atoms with Gasteiger partial charge >= 0.3 is 0 Å². The van der Waals surface area contributed by atoms with Crippen LogP contribution in [0.3, 0.4) is 0 Å². The van der Waals surface area contributed by atoms with Crippen molar-refractivity contribution in [1.29, 1.82) is 0 Å². The Kier molecular flexibility index (Phi) is 7.33. The standard InChI is InChI=1S/C23H32FN5O3S/c1-28-15-22(26-16-28)33(31,32)27-20(13-17-5-3-2-4-6-17)23(30)25-10-12-29-11-9-18-14-19(24)7-8-21(18)29/h7-8,14-17,20,27H,2-6,9-13H2,1H3,(H,25,30). The zero-order valence-corrected chi connectivity index (χ0v) is 19.8. The van der Waals surface area contributed by atoms with Gasteiger partial charge in [-0.05, 0) is 42.5 Å². The maximum Gasteiger partial charge on any atom is 0.260 e. The maximum absolute atomic E-state index is 13.5. The molecule has 4 rings (SSSR count). The summed E-state index contributed by atoms with van der Waals surface area (Å²) in [6.07, 6.45) is 9.53. The van der Waals surface area contributed by atoms with E-state index < -0.39 is 16.1 Å². The number of nitrogens with one attached hydrogen (secondary N) is 2. The number of anilines is 1. The van der Waals surface area contributed by atoms with Crippen molar-refractivity contribution in [3.63, 3.8) is 0 Å². The third kappa shape index (κ3) is 5.92. The van der Waals surface area contributed by atoms with Crippen LogP contribution >= 0.6 is 0 Å². The van der Waals surface area contributed by atoms with Gasteiger partial charge in [-0.25, -0.2) is 17.8 Å². The molecule has 10 heteroatoms. The van der Waals surface area contributed by atoms with Crippen LogP contribution in [-0.2, 0) is 28.3 Å². The van der Waals surface area contributed by atoms with E-state index in [2.05, 4.69) is 19.9 Å². The molecule has 0 saturated heterocycles. The van der Waals surface area contributed by atoms with Crippen molar-refractivity contribution in [2.45, 2.75) is 56.0 Å². The highest BCUT2D eigenvalue weighted by molar-refractivity contribution is 7.89. The summed E-state index contributed by atoms with van der Waals surface area (Å²) in [5, 5.41) is 2.82. The van der Waals surface area contributed by atoms with Crippen molar-refractivity contribution in [3.8, 4) is 0 Å². The number of amides is 1. The van der Waals surface area contributed by atoms with Crippen molar-refractivity contribution in [3.05, 3.63) is 42.1 Å². The second kappa shape index (κ2) is 10.2. The van der Waals surface area contributed by atoms with Crippen molar-refractivity contribution in [2.24, 2.45) is 13.0 Å². The number of fused-ring (bicyclic) bond motifs is 1. The summed E-state index contributed by atoms with van der Waals surface area (Å²) in [5.41, 5.74) is 1.96. The highest BCUT2D eigenvalue weighted by atomic mass is 32.2.